The molecule has 0 bridgehead atoms. The number of ether oxygens (including phenoxy) is 2. The summed E-state index contributed by atoms with van der Waals surface area (Å²) in [7, 11) is 0. The lowest BCUT2D eigenvalue weighted by atomic mass is 10.2. The molecule has 2 aromatic heterocycles. The minimum absolute atomic E-state index is 0.00564. The van der Waals surface area contributed by atoms with Crippen LogP contribution in [-0.4, -0.2) is 27.6 Å². The molecule has 0 atom stereocenters. The first kappa shape index (κ1) is 25.9. The highest BCUT2D eigenvalue weighted by Gasteiger charge is 2.20. The summed E-state index contributed by atoms with van der Waals surface area (Å²) in [4.78, 5) is 34.3. The zero-order chi connectivity index (χ0) is 27.2. The van der Waals surface area contributed by atoms with Gasteiger partial charge in [0.05, 0.1) is 11.1 Å². The van der Waals surface area contributed by atoms with Crippen molar-refractivity contribution in [2.24, 2.45) is 5.10 Å². The highest BCUT2D eigenvalue weighted by molar-refractivity contribution is 5.93. The summed E-state index contributed by atoms with van der Waals surface area (Å²) in [5.41, 5.74) is 5.30. The number of carbonyl (C=O) groups excluding carboxylic acids is 2. The summed E-state index contributed by atoms with van der Waals surface area (Å²) >= 11 is 0. The molecule has 0 fully saturated rings. The Kier molecular flexibility index (Phi) is 7.66. The molecule has 1 amide bonds. The number of furan rings is 1. The lowest BCUT2D eigenvalue weighted by Gasteiger charge is -2.10. The number of nitro benzene ring substituents is 1. The second-order valence-corrected chi connectivity index (χ2v) is 8.25. The minimum atomic E-state index is -0.731. The van der Waals surface area contributed by atoms with Crippen molar-refractivity contribution in [3.05, 3.63) is 105 Å². The molecule has 0 unspecified atom stereocenters. The van der Waals surface area contributed by atoms with Crippen molar-refractivity contribution in [1.29, 1.82) is 0 Å². The molecule has 11 heteroatoms. The van der Waals surface area contributed by atoms with Crippen LogP contribution in [0.4, 0.5) is 5.69 Å². The molecule has 0 aliphatic carbocycles. The van der Waals surface area contributed by atoms with Gasteiger partial charge in [-0.3, -0.25) is 19.7 Å². The number of nitrogens with zero attached hydrogens (tertiary/aromatic N) is 3. The Labute approximate surface area is 217 Å². The van der Waals surface area contributed by atoms with E-state index >= 15 is 0 Å². The van der Waals surface area contributed by atoms with E-state index in [4.69, 9.17) is 13.9 Å². The minimum Gasteiger partial charge on any atom is -0.486 e. The maximum absolute atomic E-state index is 12.4. The smallest absolute Gasteiger partial charge is 0.312 e. The average molecular weight is 517 g/mol. The fraction of sp³-hybridized carbons (Fsp3) is 0.148. The number of para-hydroxylation sites is 1. The van der Waals surface area contributed by atoms with Gasteiger partial charge in [0.2, 0.25) is 5.75 Å². The number of carbonyl (C=O) groups is 2. The number of hydrogen-bond donors (Lipinski definition) is 1. The second kappa shape index (κ2) is 11.2. The molecule has 194 valence electrons. The van der Waals surface area contributed by atoms with Crippen LogP contribution in [0.2, 0.25) is 0 Å². The van der Waals surface area contributed by atoms with E-state index in [0.29, 0.717) is 11.5 Å². The number of hydrogen-bond acceptors (Lipinski definition) is 8. The Morgan fingerprint density at radius 3 is 2.42 bits per heavy atom. The Morgan fingerprint density at radius 2 is 1.76 bits per heavy atom. The summed E-state index contributed by atoms with van der Waals surface area (Å²) in [5.74, 6) is -0.583. The van der Waals surface area contributed by atoms with E-state index in [0.717, 1.165) is 30.2 Å². The molecule has 0 aliphatic rings. The molecule has 0 aliphatic heterocycles. The van der Waals surface area contributed by atoms with Crippen molar-refractivity contribution >= 4 is 23.8 Å². The molecular formula is C27H24N4O7. The van der Waals surface area contributed by atoms with E-state index in [1.54, 1.807) is 6.07 Å². The number of amides is 1. The monoisotopic (exact) mass is 516 g/mol. The normalized spacial score (nSPS) is 10.9. The molecule has 1 N–H and O–H groups in total. The first-order chi connectivity index (χ1) is 18.2. The molecule has 0 saturated carbocycles. The van der Waals surface area contributed by atoms with Gasteiger partial charge in [-0.2, -0.15) is 5.10 Å². The highest BCUT2D eigenvalue weighted by atomic mass is 16.6. The lowest BCUT2D eigenvalue weighted by molar-refractivity contribution is -0.385. The van der Waals surface area contributed by atoms with Gasteiger partial charge in [-0.1, -0.05) is 6.07 Å². The Morgan fingerprint density at radius 1 is 1.05 bits per heavy atom. The van der Waals surface area contributed by atoms with Crippen molar-refractivity contribution in [3.8, 4) is 17.2 Å². The fourth-order valence-corrected chi connectivity index (χ4v) is 3.76. The molecule has 2 aromatic carbocycles. The van der Waals surface area contributed by atoms with Crippen molar-refractivity contribution in [2.75, 3.05) is 0 Å². The van der Waals surface area contributed by atoms with E-state index in [1.807, 2.05) is 38.1 Å². The topological polar surface area (TPSA) is 138 Å². The van der Waals surface area contributed by atoms with Crippen LogP contribution >= 0.6 is 0 Å². The van der Waals surface area contributed by atoms with Crippen LogP contribution in [0.1, 0.15) is 40.2 Å². The van der Waals surface area contributed by atoms with Crippen LogP contribution in [0.5, 0.6) is 11.5 Å². The molecule has 2 heterocycles. The van der Waals surface area contributed by atoms with Crippen molar-refractivity contribution in [2.45, 2.75) is 27.4 Å². The molecule has 4 rings (SSSR count). The Bertz CT molecular complexity index is 1500. The summed E-state index contributed by atoms with van der Waals surface area (Å²) in [6, 6.07) is 18.9. The number of rotatable bonds is 9. The number of aryl methyl sites for hydroxylation is 2. The van der Waals surface area contributed by atoms with Gasteiger partial charge in [-0.15, -0.1) is 0 Å². The van der Waals surface area contributed by atoms with Gasteiger partial charge in [0, 0.05) is 35.6 Å². The number of esters is 1. The van der Waals surface area contributed by atoms with Crippen molar-refractivity contribution in [1.82, 2.24) is 9.99 Å². The molecule has 0 spiro atoms. The van der Waals surface area contributed by atoms with Crippen LogP contribution in [0.15, 0.2) is 76.2 Å². The molecule has 4 aromatic rings. The summed E-state index contributed by atoms with van der Waals surface area (Å²) in [5, 5.41) is 15.0. The van der Waals surface area contributed by atoms with Crippen LogP contribution in [0, 0.1) is 24.0 Å². The number of aromatic nitrogens is 1. The predicted octanol–water partition coefficient (Wildman–Crippen LogP) is 4.86. The summed E-state index contributed by atoms with van der Waals surface area (Å²) in [6.07, 6.45) is 1.14. The number of nitro groups is 1. The van der Waals surface area contributed by atoms with Crippen LogP contribution < -0.4 is 14.9 Å². The Hall–Kier alpha value is -5.19. The molecule has 0 radical (unpaired) electrons. The Balaban J connectivity index is 1.36. The average Bonchev–Trinajstić information content (AvgIpc) is 3.49. The maximum Gasteiger partial charge on any atom is 0.312 e. The van der Waals surface area contributed by atoms with E-state index in [9.17, 15) is 19.7 Å². The van der Waals surface area contributed by atoms with Gasteiger partial charge in [0.15, 0.2) is 5.76 Å². The largest absolute Gasteiger partial charge is 0.486 e. The van der Waals surface area contributed by atoms with Crippen LogP contribution in [0.25, 0.3) is 5.69 Å². The van der Waals surface area contributed by atoms with Crippen molar-refractivity contribution < 1.29 is 28.4 Å². The number of nitrogens with one attached hydrogen (secondary N) is 1. The third kappa shape index (κ3) is 5.95. The van der Waals surface area contributed by atoms with E-state index in [1.165, 1.54) is 24.3 Å². The third-order valence-corrected chi connectivity index (χ3v) is 5.47. The zero-order valence-electron chi connectivity index (χ0n) is 20.8. The zero-order valence-corrected chi connectivity index (χ0v) is 20.8. The standard InChI is InChI=1S/C27H24N4O7/c1-17-7-8-18(2)30(17)21-9-11-22(12-10-21)36-16-23-13-14-25(38-23)27(33)29-28-15-20-5-4-6-24(31(34)35)26(20)37-19(3)32/h4-15H,16H2,1-3H3,(H,29,33)/b28-15+. The highest BCUT2D eigenvalue weighted by Crippen LogP contribution is 2.30. The summed E-state index contributed by atoms with van der Waals surface area (Å²) < 4.78 is 18.4. The second-order valence-electron chi connectivity index (χ2n) is 8.25. The quantitative estimate of drug-likeness (QED) is 0.110. The van der Waals surface area contributed by atoms with Crippen molar-refractivity contribution in [3.63, 3.8) is 0 Å². The van der Waals surface area contributed by atoms with Gasteiger partial charge in [0.25, 0.3) is 0 Å². The van der Waals surface area contributed by atoms with Crippen LogP contribution in [-0.2, 0) is 11.4 Å². The summed E-state index contributed by atoms with van der Waals surface area (Å²) in [6.45, 7) is 5.32. The molecule has 38 heavy (non-hydrogen) atoms. The van der Waals surface area contributed by atoms with Gasteiger partial charge >= 0.3 is 17.6 Å². The van der Waals surface area contributed by atoms with E-state index in [2.05, 4.69) is 27.2 Å². The van der Waals surface area contributed by atoms with Gasteiger partial charge in [-0.25, -0.2) is 5.43 Å². The number of hydrazone groups is 1. The van der Waals surface area contributed by atoms with E-state index < -0.39 is 22.5 Å². The third-order valence-electron chi connectivity index (χ3n) is 5.47. The van der Waals surface area contributed by atoms with Crippen LogP contribution in [0.3, 0.4) is 0 Å². The first-order valence-electron chi connectivity index (χ1n) is 11.5. The first-order valence-corrected chi connectivity index (χ1v) is 11.5. The fourth-order valence-electron chi connectivity index (χ4n) is 3.76. The SMILES string of the molecule is CC(=O)Oc1c(/C=N/NC(=O)c2ccc(COc3ccc(-n4c(C)ccc4C)cc3)o2)cccc1[N+](=O)[O-]. The predicted molar refractivity (Wildman–Crippen MR) is 138 cm³/mol. The lowest BCUT2D eigenvalue weighted by Crippen LogP contribution is -2.17. The van der Waals surface area contributed by atoms with Gasteiger partial charge in [0.1, 0.15) is 18.1 Å². The molecule has 0 saturated heterocycles. The molecular weight excluding hydrogens is 492 g/mol. The molecule has 11 nitrogen and oxygen atoms in total. The van der Waals surface area contributed by atoms with Gasteiger partial charge in [-0.05, 0) is 68.4 Å². The maximum atomic E-state index is 12.4. The number of benzene rings is 2. The van der Waals surface area contributed by atoms with Gasteiger partial charge < -0.3 is 18.5 Å². The van der Waals surface area contributed by atoms with E-state index in [-0.39, 0.29) is 23.7 Å².